The number of nitrogens with two attached hydrogens (primary N) is 2. The Hall–Kier alpha value is -2.73. The summed E-state index contributed by atoms with van der Waals surface area (Å²) >= 11 is -1.36. The SMILES string of the molecule is CCCc1cc(N2CCC(N(c3ccc(C)cc3)S(=O)[O-])C(O)C2)nc2sc(C(N)=O)c(N)c12. The highest BCUT2D eigenvalue weighted by molar-refractivity contribution is 7.80. The number of primary amides is 1. The summed E-state index contributed by atoms with van der Waals surface area (Å²) in [4.78, 5) is 19.4. The summed E-state index contributed by atoms with van der Waals surface area (Å²) < 4.78 is 25.4. The maximum absolute atomic E-state index is 12.1. The van der Waals surface area contributed by atoms with Crippen molar-refractivity contribution in [2.75, 3.05) is 28.0 Å². The second kappa shape index (κ2) is 9.87. The third kappa shape index (κ3) is 4.61. The van der Waals surface area contributed by atoms with Crippen LogP contribution < -0.4 is 20.7 Å². The van der Waals surface area contributed by atoms with Crippen LogP contribution in [0.25, 0.3) is 10.2 Å². The van der Waals surface area contributed by atoms with Crippen LogP contribution in [0.5, 0.6) is 0 Å². The normalized spacial score (nSPS) is 19.4. The van der Waals surface area contributed by atoms with Gasteiger partial charge in [-0.05, 0) is 43.5 Å². The molecule has 182 valence electrons. The van der Waals surface area contributed by atoms with Crippen molar-refractivity contribution in [3.63, 3.8) is 0 Å². The van der Waals surface area contributed by atoms with Crippen molar-refractivity contribution in [2.45, 2.75) is 45.3 Å². The van der Waals surface area contributed by atoms with Crippen LogP contribution in [0.3, 0.4) is 0 Å². The zero-order valence-electron chi connectivity index (χ0n) is 19.1. The molecule has 3 heterocycles. The lowest BCUT2D eigenvalue weighted by atomic mass is 10.0. The van der Waals surface area contributed by atoms with Gasteiger partial charge in [-0.15, -0.1) is 11.3 Å². The van der Waals surface area contributed by atoms with Crippen molar-refractivity contribution in [2.24, 2.45) is 5.73 Å². The number of aliphatic hydroxyl groups excluding tert-OH is 1. The molecule has 34 heavy (non-hydrogen) atoms. The first-order valence-corrected chi connectivity index (χ1v) is 13.0. The third-order valence-corrected chi connectivity index (χ3v) is 8.05. The van der Waals surface area contributed by atoms with E-state index in [2.05, 4.69) is 6.92 Å². The van der Waals surface area contributed by atoms with Gasteiger partial charge in [0.2, 0.25) is 0 Å². The second-order valence-electron chi connectivity index (χ2n) is 8.53. The summed E-state index contributed by atoms with van der Waals surface area (Å²) in [7, 11) is 0. The molecule has 0 spiro atoms. The Morgan fingerprint density at radius 3 is 2.68 bits per heavy atom. The summed E-state index contributed by atoms with van der Waals surface area (Å²) in [6.07, 6.45) is 1.13. The fourth-order valence-electron chi connectivity index (χ4n) is 4.48. The van der Waals surface area contributed by atoms with Crippen molar-refractivity contribution >= 4 is 55.9 Å². The molecule has 1 fully saturated rings. The number of β-amino-alcohol motifs (C(OH)–C–C–N with tert-alkyl or cyclic N) is 1. The van der Waals surface area contributed by atoms with Gasteiger partial charge in [-0.3, -0.25) is 13.3 Å². The van der Waals surface area contributed by atoms with E-state index in [1.54, 1.807) is 12.1 Å². The molecule has 1 saturated heterocycles. The molecule has 3 atom stereocenters. The number of pyridine rings is 1. The van der Waals surface area contributed by atoms with E-state index >= 15 is 0 Å². The Labute approximate surface area is 204 Å². The van der Waals surface area contributed by atoms with E-state index in [9.17, 15) is 18.7 Å². The number of nitrogens with zero attached hydrogens (tertiary/aromatic N) is 3. The first-order valence-electron chi connectivity index (χ1n) is 11.1. The fraction of sp³-hybridized carbons (Fsp3) is 0.391. The molecule has 2 aromatic heterocycles. The van der Waals surface area contributed by atoms with Gasteiger partial charge in [-0.2, -0.15) is 0 Å². The van der Waals surface area contributed by atoms with Crippen molar-refractivity contribution in [3.05, 3.63) is 46.3 Å². The number of hydrogen-bond donors (Lipinski definition) is 3. The molecule has 1 aliphatic heterocycles. The average Bonchev–Trinajstić information content (AvgIpc) is 3.13. The predicted molar refractivity (Wildman–Crippen MR) is 136 cm³/mol. The molecule has 0 aliphatic carbocycles. The Morgan fingerprint density at radius 2 is 2.09 bits per heavy atom. The highest BCUT2D eigenvalue weighted by Crippen LogP contribution is 2.38. The smallest absolute Gasteiger partial charge is 0.260 e. The molecule has 3 unspecified atom stereocenters. The van der Waals surface area contributed by atoms with Gasteiger partial charge in [0.1, 0.15) is 15.5 Å². The van der Waals surface area contributed by atoms with Crippen molar-refractivity contribution < 1.29 is 18.7 Å². The number of carbonyl (C=O) groups is 1. The fourth-order valence-corrected chi connectivity index (χ4v) is 6.23. The summed E-state index contributed by atoms with van der Waals surface area (Å²) in [5, 5.41) is 11.7. The van der Waals surface area contributed by atoms with Crippen molar-refractivity contribution in [1.82, 2.24) is 4.98 Å². The van der Waals surface area contributed by atoms with E-state index in [1.807, 2.05) is 30.0 Å². The maximum atomic E-state index is 12.1. The highest BCUT2D eigenvalue weighted by Gasteiger charge is 2.34. The molecule has 11 heteroatoms. The number of piperidine rings is 1. The Kier molecular flexibility index (Phi) is 7.08. The lowest BCUT2D eigenvalue weighted by Gasteiger charge is -2.43. The zero-order valence-corrected chi connectivity index (χ0v) is 20.7. The number of amides is 1. The maximum Gasteiger partial charge on any atom is 0.260 e. The van der Waals surface area contributed by atoms with E-state index in [4.69, 9.17) is 16.5 Å². The molecule has 4 rings (SSSR count). The molecule has 3 aromatic rings. The van der Waals surface area contributed by atoms with Crippen molar-refractivity contribution in [1.29, 1.82) is 0 Å². The topological polar surface area (TPSA) is 149 Å². The Morgan fingerprint density at radius 1 is 1.38 bits per heavy atom. The molecular formula is C23H28N5O4S2-. The van der Waals surface area contributed by atoms with Crippen LogP contribution in [-0.2, 0) is 17.7 Å². The largest absolute Gasteiger partial charge is 0.755 e. The van der Waals surface area contributed by atoms with Crippen molar-refractivity contribution in [3.8, 4) is 0 Å². The van der Waals surface area contributed by atoms with E-state index in [1.165, 1.54) is 15.6 Å². The molecule has 1 aliphatic rings. The third-order valence-electron chi connectivity index (χ3n) is 6.13. The van der Waals surface area contributed by atoms with Gasteiger partial charge in [0.05, 0.1) is 17.8 Å². The van der Waals surface area contributed by atoms with E-state index in [0.29, 0.717) is 39.9 Å². The standard InChI is InChI=1S/C23H29N5O4S2/c1-3-4-14-11-18(26-23-19(14)20(24)21(33-23)22(25)30)27-10-9-16(17(29)12-27)28(34(31)32)15-7-5-13(2)6-8-15/h5-8,11,16-17,29H,3-4,9-10,12,24H2,1-2H3,(H2,25,30)(H,31,32)/p-1. The zero-order chi connectivity index (χ0) is 24.6. The minimum atomic E-state index is -2.53. The van der Waals surface area contributed by atoms with E-state index < -0.39 is 29.3 Å². The van der Waals surface area contributed by atoms with Gasteiger partial charge in [0.25, 0.3) is 5.91 Å². The lowest BCUT2D eigenvalue weighted by molar-refractivity contribution is 0.100. The van der Waals surface area contributed by atoms with Gasteiger partial charge in [-0.25, -0.2) is 4.98 Å². The molecule has 9 nitrogen and oxygen atoms in total. The molecule has 5 N–H and O–H groups in total. The van der Waals surface area contributed by atoms with Gasteiger partial charge < -0.3 is 26.0 Å². The number of thiophene rings is 1. The number of aliphatic hydroxyl groups is 1. The minimum absolute atomic E-state index is 0.220. The van der Waals surface area contributed by atoms with Crippen LogP contribution in [-0.4, -0.2) is 50.0 Å². The van der Waals surface area contributed by atoms with E-state index in [-0.39, 0.29) is 6.54 Å². The first kappa shape index (κ1) is 24.4. The molecule has 1 aromatic carbocycles. The van der Waals surface area contributed by atoms with Gasteiger partial charge >= 0.3 is 0 Å². The van der Waals surface area contributed by atoms with Crippen LogP contribution in [0.15, 0.2) is 30.3 Å². The summed E-state index contributed by atoms with van der Waals surface area (Å²) in [6, 6.07) is 8.53. The molecule has 1 amide bonds. The quantitative estimate of drug-likeness (QED) is 0.420. The van der Waals surface area contributed by atoms with Crippen LogP contribution in [0.2, 0.25) is 0 Å². The van der Waals surface area contributed by atoms with Crippen LogP contribution in [0, 0.1) is 6.92 Å². The lowest BCUT2D eigenvalue weighted by Crippen LogP contribution is -2.55. The summed E-state index contributed by atoms with van der Waals surface area (Å²) in [5.74, 6) is 0.0818. The van der Waals surface area contributed by atoms with Crippen LogP contribution in [0.1, 0.15) is 40.6 Å². The number of aromatic nitrogens is 1. The van der Waals surface area contributed by atoms with Gasteiger partial charge in [0.15, 0.2) is 0 Å². The molecule has 0 saturated carbocycles. The number of carbonyl (C=O) groups excluding carboxylic acids is 1. The average molecular weight is 503 g/mol. The first-order chi connectivity index (χ1) is 16.2. The molecule has 0 radical (unpaired) electrons. The number of anilines is 3. The predicted octanol–water partition coefficient (Wildman–Crippen LogP) is 2.48. The van der Waals surface area contributed by atoms with Gasteiger partial charge in [0, 0.05) is 35.4 Å². The number of aryl methyl sites for hydroxylation is 2. The van der Waals surface area contributed by atoms with Gasteiger partial charge in [-0.1, -0.05) is 31.0 Å². The number of nitrogen functional groups attached to an aromatic ring is 1. The Bertz CT molecular complexity index is 1230. The van der Waals surface area contributed by atoms with Crippen LogP contribution >= 0.6 is 11.3 Å². The van der Waals surface area contributed by atoms with Crippen LogP contribution in [0.4, 0.5) is 17.2 Å². The number of hydrogen-bond acceptors (Lipinski definition) is 8. The summed E-state index contributed by atoms with van der Waals surface area (Å²) in [6.45, 7) is 4.72. The highest BCUT2D eigenvalue weighted by atomic mass is 32.2. The molecular weight excluding hydrogens is 474 g/mol. The number of rotatable bonds is 7. The monoisotopic (exact) mass is 502 g/mol. The Balaban J connectivity index is 1.63. The second-order valence-corrected chi connectivity index (χ2v) is 10.4. The molecule has 0 bridgehead atoms. The van der Waals surface area contributed by atoms with E-state index in [0.717, 1.165) is 29.4 Å². The summed E-state index contributed by atoms with van der Waals surface area (Å²) in [5.41, 5.74) is 14.6. The number of benzene rings is 1. The minimum Gasteiger partial charge on any atom is -0.755 e. The number of fused-ring (bicyclic) bond motifs is 1.